The predicted molar refractivity (Wildman–Crippen MR) is 32.2 cm³/mol. The summed E-state index contributed by atoms with van der Waals surface area (Å²) in [7, 11) is 1.91. The highest BCUT2D eigenvalue weighted by molar-refractivity contribution is 4.66. The SMILES string of the molecule is CN[C@@H](C)C(C)N. The summed E-state index contributed by atoms with van der Waals surface area (Å²) in [6.45, 7) is 4.05. The molecule has 0 saturated heterocycles. The molecule has 0 spiro atoms. The number of nitrogens with one attached hydrogen (secondary N) is 1. The normalized spacial score (nSPS) is 18.9. The summed E-state index contributed by atoms with van der Waals surface area (Å²) in [5.74, 6) is 0. The zero-order valence-corrected chi connectivity index (χ0v) is 5.23. The highest BCUT2D eigenvalue weighted by Crippen LogP contribution is 1.82. The molecule has 0 aliphatic heterocycles. The van der Waals surface area contributed by atoms with Crippen molar-refractivity contribution in [2.24, 2.45) is 5.73 Å². The van der Waals surface area contributed by atoms with Crippen LogP contribution in [0.5, 0.6) is 0 Å². The molecule has 7 heavy (non-hydrogen) atoms. The van der Waals surface area contributed by atoms with Crippen LogP contribution >= 0.6 is 0 Å². The average molecular weight is 102 g/mol. The van der Waals surface area contributed by atoms with Crippen molar-refractivity contribution >= 4 is 0 Å². The summed E-state index contributed by atoms with van der Waals surface area (Å²) in [6.07, 6.45) is 0. The molecule has 0 aromatic rings. The van der Waals surface area contributed by atoms with E-state index in [0.29, 0.717) is 6.04 Å². The number of likely N-dealkylation sites (N-methyl/N-ethyl adjacent to an activating group) is 1. The first-order valence-corrected chi connectivity index (χ1v) is 2.61. The van der Waals surface area contributed by atoms with Gasteiger partial charge in [0, 0.05) is 12.1 Å². The van der Waals surface area contributed by atoms with E-state index in [-0.39, 0.29) is 6.04 Å². The first-order valence-electron chi connectivity index (χ1n) is 2.61. The Hall–Kier alpha value is -0.0800. The molecule has 0 aromatic carbocycles. The second-order valence-corrected chi connectivity index (χ2v) is 1.94. The third kappa shape index (κ3) is 2.60. The maximum absolute atomic E-state index is 5.48. The fourth-order valence-corrected chi connectivity index (χ4v) is 0.263. The van der Waals surface area contributed by atoms with Crippen LogP contribution in [0.2, 0.25) is 0 Å². The van der Waals surface area contributed by atoms with Gasteiger partial charge in [0.25, 0.3) is 0 Å². The monoisotopic (exact) mass is 102 g/mol. The topological polar surface area (TPSA) is 38.0 Å². The highest BCUT2D eigenvalue weighted by Gasteiger charge is 2.00. The van der Waals surface area contributed by atoms with Crippen molar-refractivity contribution in [3.63, 3.8) is 0 Å². The van der Waals surface area contributed by atoms with Crippen LogP contribution in [0.25, 0.3) is 0 Å². The number of hydrogen-bond acceptors (Lipinski definition) is 2. The lowest BCUT2D eigenvalue weighted by Gasteiger charge is -2.12. The Kier molecular flexibility index (Phi) is 2.96. The van der Waals surface area contributed by atoms with Crippen LogP contribution in [0.3, 0.4) is 0 Å². The second kappa shape index (κ2) is 2.99. The van der Waals surface area contributed by atoms with Crippen molar-refractivity contribution in [1.82, 2.24) is 5.32 Å². The molecule has 0 saturated carbocycles. The van der Waals surface area contributed by atoms with Gasteiger partial charge in [0.15, 0.2) is 0 Å². The molecular weight excluding hydrogens is 88.1 g/mol. The van der Waals surface area contributed by atoms with Crippen molar-refractivity contribution in [3.05, 3.63) is 0 Å². The van der Waals surface area contributed by atoms with Crippen molar-refractivity contribution in [2.75, 3.05) is 7.05 Å². The average Bonchev–Trinajstić information content (AvgIpc) is 1.65. The molecule has 0 rings (SSSR count). The van der Waals surface area contributed by atoms with Crippen LogP contribution in [-0.4, -0.2) is 19.1 Å². The van der Waals surface area contributed by atoms with Crippen molar-refractivity contribution in [3.8, 4) is 0 Å². The molecule has 1 unspecified atom stereocenters. The van der Waals surface area contributed by atoms with Crippen LogP contribution in [-0.2, 0) is 0 Å². The van der Waals surface area contributed by atoms with Gasteiger partial charge in [-0.2, -0.15) is 0 Å². The van der Waals surface area contributed by atoms with E-state index in [0.717, 1.165) is 0 Å². The standard InChI is InChI=1S/C5H14N2/c1-4(6)5(2)7-3/h4-5,7H,6H2,1-3H3/t4?,5-/m0/s1. The molecule has 0 heterocycles. The zero-order chi connectivity index (χ0) is 5.86. The van der Waals surface area contributed by atoms with E-state index in [1.807, 2.05) is 14.0 Å². The van der Waals surface area contributed by atoms with E-state index in [9.17, 15) is 0 Å². The number of rotatable bonds is 2. The van der Waals surface area contributed by atoms with Crippen LogP contribution in [0, 0.1) is 0 Å². The van der Waals surface area contributed by atoms with Gasteiger partial charge in [-0.05, 0) is 20.9 Å². The summed E-state index contributed by atoms with van der Waals surface area (Å²) < 4.78 is 0. The van der Waals surface area contributed by atoms with Gasteiger partial charge in [0.1, 0.15) is 0 Å². The maximum Gasteiger partial charge on any atom is 0.0185 e. The molecule has 0 aliphatic carbocycles. The van der Waals surface area contributed by atoms with Crippen LogP contribution < -0.4 is 11.1 Å². The van der Waals surface area contributed by atoms with E-state index in [1.54, 1.807) is 0 Å². The quantitative estimate of drug-likeness (QED) is 0.512. The zero-order valence-electron chi connectivity index (χ0n) is 5.23. The second-order valence-electron chi connectivity index (χ2n) is 1.94. The van der Waals surface area contributed by atoms with E-state index in [4.69, 9.17) is 5.73 Å². The fourth-order valence-electron chi connectivity index (χ4n) is 0.263. The molecule has 0 bridgehead atoms. The van der Waals surface area contributed by atoms with Crippen molar-refractivity contribution < 1.29 is 0 Å². The van der Waals surface area contributed by atoms with Gasteiger partial charge in [-0.1, -0.05) is 0 Å². The van der Waals surface area contributed by atoms with E-state index in [1.165, 1.54) is 0 Å². The van der Waals surface area contributed by atoms with Crippen LogP contribution in [0.1, 0.15) is 13.8 Å². The lowest BCUT2D eigenvalue weighted by molar-refractivity contribution is 0.519. The van der Waals surface area contributed by atoms with Crippen molar-refractivity contribution in [2.45, 2.75) is 25.9 Å². The molecular formula is C5H14N2. The van der Waals surface area contributed by atoms with Gasteiger partial charge in [0.2, 0.25) is 0 Å². The molecule has 0 aromatic heterocycles. The third-order valence-electron chi connectivity index (χ3n) is 1.24. The van der Waals surface area contributed by atoms with Gasteiger partial charge >= 0.3 is 0 Å². The summed E-state index contributed by atoms with van der Waals surface area (Å²) >= 11 is 0. The van der Waals surface area contributed by atoms with Crippen molar-refractivity contribution in [1.29, 1.82) is 0 Å². The molecule has 0 amide bonds. The molecule has 44 valence electrons. The first kappa shape index (κ1) is 6.92. The largest absolute Gasteiger partial charge is 0.327 e. The Balaban J connectivity index is 3.14. The Bertz CT molecular complexity index is 43.3. The molecule has 3 N–H and O–H groups in total. The Morgan fingerprint density at radius 1 is 1.43 bits per heavy atom. The summed E-state index contributed by atoms with van der Waals surface area (Å²) in [5.41, 5.74) is 5.48. The fraction of sp³-hybridized carbons (Fsp3) is 1.00. The summed E-state index contributed by atoms with van der Waals surface area (Å²) in [4.78, 5) is 0. The van der Waals surface area contributed by atoms with Gasteiger partial charge in [-0.15, -0.1) is 0 Å². The summed E-state index contributed by atoms with van der Waals surface area (Å²) in [5, 5.41) is 3.04. The predicted octanol–water partition coefficient (Wildman–Crippen LogP) is -0.0585. The molecule has 0 aliphatic rings. The van der Waals surface area contributed by atoms with E-state index >= 15 is 0 Å². The Morgan fingerprint density at radius 2 is 1.86 bits per heavy atom. The maximum atomic E-state index is 5.48. The Labute approximate surface area is 45.1 Å². The number of hydrogen-bond donors (Lipinski definition) is 2. The molecule has 0 fully saturated rings. The van der Waals surface area contributed by atoms with Crippen LogP contribution in [0.4, 0.5) is 0 Å². The first-order chi connectivity index (χ1) is 3.18. The lowest BCUT2D eigenvalue weighted by Crippen LogP contribution is -2.38. The van der Waals surface area contributed by atoms with Crippen LogP contribution in [0.15, 0.2) is 0 Å². The van der Waals surface area contributed by atoms with E-state index < -0.39 is 0 Å². The minimum atomic E-state index is 0.255. The Morgan fingerprint density at radius 3 is 1.86 bits per heavy atom. The minimum absolute atomic E-state index is 0.255. The molecule has 2 heteroatoms. The minimum Gasteiger partial charge on any atom is -0.327 e. The summed E-state index contributed by atoms with van der Waals surface area (Å²) in [6, 6.07) is 0.685. The third-order valence-corrected chi connectivity index (χ3v) is 1.24. The molecule has 0 radical (unpaired) electrons. The lowest BCUT2D eigenvalue weighted by atomic mass is 10.2. The smallest absolute Gasteiger partial charge is 0.0185 e. The van der Waals surface area contributed by atoms with Gasteiger partial charge in [-0.3, -0.25) is 0 Å². The number of nitrogens with two attached hydrogens (primary N) is 1. The van der Waals surface area contributed by atoms with Gasteiger partial charge < -0.3 is 11.1 Å². The van der Waals surface area contributed by atoms with Gasteiger partial charge in [0.05, 0.1) is 0 Å². The molecule has 2 atom stereocenters. The van der Waals surface area contributed by atoms with E-state index in [2.05, 4.69) is 12.2 Å². The molecule has 2 nitrogen and oxygen atoms in total. The van der Waals surface area contributed by atoms with Gasteiger partial charge in [-0.25, -0.2) is 0 Å². The highest BCUT2D eigenvalue weighted by atomic mass is 14.9.